The number of benzene rings is 1. The third-order valence-electron chi connectivity index (χ3n) is 5.07. The zero-order chi connectivity index (χ0) is 14.5. The topological polar surface area (TPSA) is 39.1 Å². The Bertz CT molecular complexity index is 473. The summed E-state index contributed by atoms with van der Waals surface area (Å²) in [6.45, 7) is 3.45. The maximum absolute atomic E-state index is 9.22. The minimum absolute atomic E-state index is 0.264. The van der Waals surface area contributed by atoms with Gasteiger partial charge in [-0.2, -0.15) is 5.26 Å². The normalized spacial score (nSPS) is 28.1. The van der Waals surface area contributed by atoms with E-state index in [2.05, 4.69) is 40.6 Å². The van der Waals surface area contributed by atoms with Crippen LogP contribution in [0.2, 0.25) is 0 Å². The first-order chi connectivity index (χ1) is 10.4. The molecule has 3 atom stereocenters. The SMILES string of the molecule is N#CCC(c1ccccc1)N1CCCC(C2CCCN2)C1. The lowest BCUT2D eigenvalue weighted by atomic mass is 9.88. The molecule has 21 heavy (non-hydrogen) atoms. The fourth-order valence-corrected chi connectivity index (χ4v) is 3.99. The molecule has 3 nitrogen and oxygen atoms in total. The molecule has 1 aromatic carbocycles. The average Bonchev–Trinajstić information content (AvgIpc) is 3.08. The maximum Gasteiger partial charge on any atom is 0.0641 e. The molecule has 0 bridgehead atoms. The Morgan fingerprint density at radius 3 is 2.81 bits per heavy atom. The molecule has 0 spiro atoms. The molecule has 112 valence electrons. The second-order valence-corrected chi connectivity index (χ2v) is 6.39. The van der Waals surface area contributed by atoms with Crippen molar-refractivity contribution >= 4 is 0 Å². The molecule has 2 aliphatic heterocycles. The molecule has 2 aliphatic rings. The number of nitrogens with one attached hydrogen (secondary N) is 1. The molecule has 0 amide bonds. The van der Waals surface area contributed by atoms with E-state index in [-0.39, 0.29) is 6.04 Å². The Morgan fingerprint density at radius 2 is 2.10 bits per heavy atom. The molecule has 0 saturated carbocycles. The first-order valence-corrected chi connectivity index (χ1v) is 8.28. The van der Waals surface area contributed by atoms with E-state index in [0.717, 1.165) is 19.0 Å². The molecule has 2 heterocycles. The Balaban J connectivity index is 1.71. The van der Waals surface area contributed by atoms with E-state index < -0.39 is 0 Å². The van der Waals surface area contributed by atoms with Gasteiger partial charge in [0.15, 0.2) is 0 Å². The van der Waals surface area contributed by atoms with Crippen LogP contribution in [0.25, 0.3) is 0 Å². The first kappa shape index (κ1) is 14.6. The van der Waals surface area contributed by atoms with E-state index in [1.807, 2.05) is 6.07 Å². The molecular formula is C18H25N3. The summed E-state index contributed by atoms with van der Waals surface area (Å²) in [5, 5.41) is 12.9. The molecular weight excluding hydrogens is 258 g/mol. The number of nitrogens with zero attached hydrogens (tertiary/aromatic N) is 2. The van der Waals surface area contributed by atoms with Crippen molar-refractivity contribution in [2.45, 2.75) is 44.2 Å². The van der Waals surface area contributed by atoms with Crippen LogP contribution in [0.1, 0.15) is 43.7 Å². The van der Waals surface area contributed by atoms with Crippen molar-refractivity contribution < 1.29 is 0 Å². The predicted molar refractivity (Wildman–Crippen MR) is 84.7 cm³/mol. The van der Waals surface area contributed by atoms with Crippen molar-refractivity contribution in [2.75, 3.05) is 19.6 Å². The van der Waals surface area contributed by atoms with Crippen molar-refractivity contribution in [3.05, 3.63) is 35.9 Å². The molecule has 3 unspecified atom stereocenters. The Hall–Kier alpha value is -1.37. The number of hydrogen-bond acceptors (Lipinski definition) is 3. The smallest absolute Gasteiger partial charge is 0.0641 e. The molecule has 1 aromatic rings. The zero-order valence-corrected chi connectivity index (χ0v) is 12.7. The minimum atomic E-state index is 0.264. The highest BCUT2D eigenvalue weighted by Gasteiger charge is 2.32. The molecule has 1 N–H and O–H groups in total. The van der Waals surface area contributed by atoms with Gasteiger partial charge >= 0.3 is 0 Å². The van der Waals surface area contributed by atoms with E-state index in [4.69, 9.17) is 0 Å². The Labute approximate surface area is 128 Å². The highest BCUT2D eigenvalue weighted by atomic mass is 15.2. The maximum atomic E-state index is 9.22. The van der Waals surface area contributed by atoms with Crippen molar-refractivity contribution in [3.63, 3.8) is 0 Å². The lowest BCUT2D eigenvalue weighted by Crippen LogP contribution is -2.44. The van der Waals surface area contributed by atoms with Crippen LogP contribution >= 0.6 is 0 Å². The van der Waals surface area contributed by atoms with Gasteiger partial charge in [-0.05, 0) is 50.3 Å². The van der Waals surface area contributed by atoms with Gasteiger partial charge in [0.25, 0.3) is 0 Å². The van der Waals surface area contributed by atoms with Crippen molar-refractivity contribution in [1.29, 1.82) is 5.26 Å². The summed E-state index contributed by atoms with van der Waals surface area (Å²) in [5.41, 5.74) is 1.29. The van der Waals surface area contributed by atoms with E-state index >= 15 is 0 Å². The Morgan fingerprint density at radius 1 is 1.24 bits per heavy atom. The summed E-state index contributed by atoms with van der Waals surface area (Å²) >= 11 is 0. The quantitative estimate of drug-likeness (QED) is 0.923. The average molecular weight is 283 g/mol. The van der Waals surface area contributed by atoms with Gasteiger partial charge in [0.05, 0.1) is 12.5 Å². The summed E-state index contributed by atoms with van der Waals surface area (Å²) in [6.07, 6.45) is 5.84. The second-order valence-electron chi connectivity index (χ2n) is 6.39. The van der Waals surface area contributed by atoms with Gasteiger partial charge in [-0.3, -0.25) is 4.90 Å². The molecule has 3 rings (SSSR count). The number of hydrogen-bond donors (Lipinski definition) is 1. The van der Waals surface area contributed by atoms with Gasteiger partial charge in [-0.15, -0.1) is 0 Å². The van der Waals surface area contributed by atoms with Crippen molar-refractivity contribution in [2.24, 2.45) is 5.92 Å². The van der Waals surface area contributed by atoms with Crippen LogP contribution in [-0.2, 0) is 0 Å². The van der Waals surface area contributed by atoms with E-state index in [1.54, 1.807) is 0 Å². The van der Waals surface area contributed by atoms with Crippen LogP contribution in [0.15, 0.2) is 30.3 Å². The minimum Gasteiger partial charge on any atom is -0.314 e. The van der Waals surface area contributed by atoms with E-state index in [9.17, 15) is 5.26 Å². The van der Waals surface area contributed by atoms with Crippen LogP contribution in [0.4, 0.5) is 0 Å². The molecule has 3 heteroatoms. The van der Waals surface area contributed by atoms with E-state index in [0.29, 0.717) is 12.5 Å². The largest absolute Gasteiger partial charge is 0.314 e. The molecule has 2 fully saturated rings. The lowest BCUT2D eigenvalue weighted by molar-refractivity contribution is 0.108. The highest BCUT2D eigenvalue weighted by molar-refractivity contribution is 5.20. The van der Waals surface area contributed by atoms with Gasteiger partial charge < -0.3 is 5.32 Å². The first-order valence-electron chi connectivity index (χ1n) is 8.28. The van der Waals surface area contributed by atoms with Gasteiger partial charge in [0.2, 0.25) is 0 Å². The van der Waals surface area contributed by atoms with Crippen LogP contribution in [0.3, 0.4) is 0 Å². The number of rotatable bonds is 4. The Kier molecular flexibility index (Phi) is 4.90. The van der Waals surface area contributed by atoms with Crippen molar-refractivity contribution in [1.82, 2.24) is 10.2 Å². The summed E-state index contributed by atoms with van der Waals surface area (Å²) in [6, 6.07) is 13.9. The third-order valence-corrected chi connectivity index (χ3v) is 5.07. The highest BCUT2D eigenvalue weighted by Crippen LogP contribution is 2.31. The van der Waals surface area contributed by atoms with Crippen LogP contribution in [-0.4, -0.2) is 30.6 Å². The fourth-order valence-electron chi connectivity index (χ4n) is 3.99. The summed E-state index contributed by atoms with van der Waals surface area (Å²) in [4.78, 5) is 2.55. The standard InChI is InChI=1S/C18H25N3/c19-11-10-18(15-6-2-1-3-7-15)21-13-5-8-16(14-21)17-9-4-12-20-17/h1-3,6-7,16-18,20H,4-5,8-10,12-14H2. The van der Waals surface area contributed by atoms with Gasteiger partial charge in [-0.1, -0.05) is 30.3 Å². The molecule has 0 aromatic heterocycles. The fraction of sp³-hybridized carbons (Fsp3) is 0.611. The lowest BCUT2D eigenvalue weighted by Gasteiger charge is -2.40. The molecule has 0 radical (unpaired) electrons. The van der Waals surface area contributed by atoms with Gasteiger partial charge in [0, 0.05) is 18.6 Å². The van der Waals surface area contributed by atoms with Crippen LogP contribution in [0.5, 0.6) is 0 Å². The number of piperidine rings is 1. The summed E-state index contributed by atoms with van der Waals surface area (Å²) in [7, 11) is 0. The van der Waals surface area contributed by atoms with Gasteiger partial charge in [0.1, 0.15) is 0 Å². The van der Waals surface area contributed by atoms with Crippen LogP contribution < -0.4 is 5.32 Å². The predicted octanol–water partition coefficient (Wildman–Crippen LogP) is 3.11. The zero-order valence-electron chi connectivity index (χ0n) is 12.7. The summed E-state index contributed by atoms with van der Waals surface area (Å²) in [5.74, 6) is 0.756. The van der Waals surface area contributed by atoms with Crippen molar-refractivity contribution in [3.8, 4) is 6.07 Å². The number of likely N-dealkylation sites (tertiary alicyclic amines) is 1. The summed E-state index contributed by atoms with van der Waals surface area (Å²) < 4.78 is 0. The van der Waals surface area contributed by atoms with E-state index in [1.165, 1.54) is 37.8 Å². The second kappa shape index (κ2) is 7.06. The van der Waals surface area contributed by atoms with Gasteiger partial charge in [-0.25, -0.2) is 0 Å². The molecule has 2 saturated heterocycles. The monoisotopic (exact) mass is 283 g/mol. The molecule has 0 aliphatic carbocycles. The third kappa shape index (κ3) is 3.45. The van der Waals surface area contributed by atoms with Crippen LogP contribution in [0, 0.1) is 17.2 Å². The number of nitriles is 1.